The summed E-state index contributed by atoms with van der Waals surface area (Å²) in [5.41, 5.74) is 1.29. The van der Waals surface area contributed by atoms with Crippen molar-refractivity contribution in [1.82, 2.24) is 24.5 Å². The largest absolute Gasteiger partial charge is 0.330 e. The smallest absolute Gasteiger partial charge is 0.324 e. The number of carbonyl (C=O) groups is 1. The third-order valence-electron chi connectivity index (χ3n) is 4.97. The van der Waals surface area contributed by atoms with E-state index in [9.17, 15) is 14.4 Å². The van der Waals surface area contributed by atoms with Crippen molar-refractivity contribution in [2.75, 3.05) is 5.32 Å². The topological polar surface area (TPSA) is 126 Å². The van der Waals surface area contributed by atoms with Crippen molar-refractivity contribution in [3.8, 4) is 0 Å². The van der Waals surface area contributed by atoms with Crippen LogP contribution < -0.4 is 16.6 Å². The van der Waals surface area contributed by atoms with Crippen LogP contribution in [0.2, 0.25) is 0 Å². The average molecular weight is 420 g/mol. The summed E-state index contributed by atoms with van der Waals surface area (Å²) in [4.78, 5) is 52.7. The van der Waals surface area contributed by atoms with Crippen molar-refractivity contribution in [1.29, 1.82) is 0 Å². The van der Waals surface area contributed by atoms with Gasteiger partial charge in [-0.2, -0.15) is 0 Å². The minimum Gasteiger partial charge on any atom is -0.324 e. The molecule has 3 aromatic heterocycles. The van der Waals surface area contributed by atoms with E-state index in [0.717, 1.165) is 5.52 Å². The summed E-state index contributed by atoms with van der Waals surface area (Å²) in [7, 11) is 0. The van der Waals surface area contributed by atoms with E-state index in [1.165, 1.54) is 4.57 Å². The highest BCUT2D eigenvalue weighted by molar-refractivity contribution is 6.11. The van der Waals surface area contributed by atoms with Crippen molar-refractivity contribution in [2.24, 2.45) is 5.92 Å². The number of carbonyl (C=O) groups excluding carboxylic acids is 1. The fourth-order valence-corrected chi connectivity index (χ4v) is 3.49. The lowest BCUT2D eigenvalue weighted by atomic mass is 10.0. The molecule has 0 radical (unpaired) electrons. The normalized spacial score (nSPS) is 11.7. The maximum Gasteiger partial charge on any atom is 0.330 e. The Morgan fingerprint density at radius 1 is 1.10 bits per heavy atom. The van der Waals surface area contributed by atoms with Gasteiger partial charge in [0.25, 0.3) is 11.5 Å². The van der Waals surface area contributed by atoms with Gasteiger partial charge in [0.1, 0.15) is 0 Å². The molecule has 0 bridgehead atoms. The first kappa shape index (κ1) is 20.5. The van der Waals surface area contributed by atoms with Gasteiger partial charge in [0.05, 0.1) is 22.0 Å². The zero-order valence-corrected chi connectivity index (χ0v) is 17.8. The molecule has 3 heterocycles. The molecule has 0 atom stereocenters. The maximum absolute atomic E-state index is 13.2. The van der Waals surface area contributed by atoms with Gasteiger partial charge >= 0.3 is 5.69 Å². The minimum atomic E-state index is -0.641. The van der Waals surface area contributed by atoms with Crippen LogP contribution in [0.15, 0.2) is 39.9 Å². The number of nitrogens with one attached hydrogen (secondary N) is 3. The van der Waals surface area contributed by atoms with E-state index in [-0.39, 0.29) is 34.4 Å². The van der Waals surface area contributed by atoms with Crippen molar-refractivity contribution in [3.63, 3.8) is 0 Å². The third kappa shape index (κ3) is 3.86. The average Bonchev–Trinajstić information content (AvgIpc) is 3.12. The van der Waals surface area contributed by atoms with Crippen LogP contribution in [0.1, 0.15) is 49.7 Å². The Kier molecular flexibility index (Phi) is 5.18. The second-order valence-corrected chi connectivity index (χ2v) is 8.27. The number of anilines is 1. The summed E-state index contributed by atoms with van der Waals surface area (Å²) in [6, 6.07) is 9.00. The molecule has 0 spiro atoms. The molecule has 3 N–H and O–H groups in total. The van der Waals surface area contributed by atoms with Crippen molar-refractivity contribution >= 4 is 33.9 Å². The molecule has 31 heavy (non-hydrogen) atoms. The predicted octanol–water partition coefficient (Wildman–Crippen LogP) is 2.99. The van der Waals surface area contributed by atoms with Crippen molar-refractivity contribution in [2.45, 2.75) is 40.2 Å². The first-order chi connectivity index (χ1) is 14.7. The highest BCUT2D eigenvalue weighted by Crippen LogP contribution is 2.21. The van der Waals surface area contributed by atoms with Crippen LogP contribution >= 0.6 is 0 Å². The fraction of sp³-hybridized carbons (Fsp3) is 0.318. The van der Waals surface area contributed by atoms with Crippen LogP contribution in [0, 0.1) is 5.92 Å². The predicted molar refractivity (Wildman–Crippen MR) is 120 cm³/mol. The summed E-state index contributed by atoms with van der Waals surface area (Å²) >= 11 is 0. The molecule has 160 valence electrons. The Labute approximate surface area is 177 Å². The second kappa shape index (κ2) is 7.82. The van der Waals surface area contributed by atoms with Gasteiger partial charge in [-0.15, -0.1) is 0 Å². The summed E-state index contributed by atoms with van der Waals surface area (Å²) < 4.78 is 1.42. The van der Waals surface area contributed by atoms with E-state index >= 15 is 0 Å². The molecule has 0 saturated carbocycles. The number of aromatic nitrogens is 5. The van der Waals surface area contributed by atoms with Gasteiger partial charge in [0.2, 0.25) is 5.95 Å². The summed E-state index contributed by atoms with van der Waals surface area (Å²) in [6.45, 7) is 8.17. The van der Waals surface area contributed by atoms with Gasteiger partial charge in [-0.05, 0) is 30.0 Å². The molecule has 0 aliphatic rings. The van der Waals surface area contributed by atoms with Crippen LogP contribution in [0.25, 0.3) is 22.1 Å². The van der Waals surface area contributed by atoms with Gasteiger partial charge in [-0.3, -0.25) is 24.5 Å². The summed E-state index contributed by atoms with van der Waals surface area (Å²) in [6.07, 6.45) is 0. The van der Waals surface area contributed by atoms with Gasteiger partial charge in [0, 0.05) is 12.2 Å². The molecule has 0 aliphatic carbocycles. The molecular formula is C22H24N6O3. The molecule has 0 saturated heterocycles. The van der Waals surface area contributed by atoms with E-state index in [0.29, 0.717) is 17.8 Å². The Morgan fingerprint density at radius 2 is 1.84 bits per heavy atom. The van der Waals surface area contributed by atoms with E-state index in [4.69, 9.17) is 0 Å². The van der Waals surface area contributed by atoms with Crippen LogP contribution in [-0.4, -0.2) is 30.4 Å². The number of rotatable bonds is 5. The number of hydrogen-bond donors (Lipinski definition) is 3. The quantitative estimate of drug-likeness (QED) is 0.458. The number of pyridine rings is 1. The number of para-hydroxylation sites is 2. The van der Waals surface area contributed by atoms with Gasteiger partial charge in [0.15, 0.2) is 5.65 Å². The lowest BCUT2D eigenvalue weighted by molar-refractivity contribution is 0.102. The standard InChI is InChI=1S/C22H24N6O3/c1-11(2)10-28-18-17(20(30)27-22(28)31)13(9-16(23-18)12(3)4)19(29)26-21-24-14-7-5-6-8-15(14)25-21/h5-9,11-12H,10H2,1-4H3,(H,27,30,31)(H2,24,25,26,29). The fourth-order valence-electron chi connectivity index (χ4n) is 3.49. The lowest BCUT2D eigenvalue weighted by Gasteiger charge is -2.15. The van der Waals surface area contributed by atoms with Gasteiger partial charge in [-0.25, -0.2) is 14.8 Å². The molecular weight excluding hydrogens is 396 g/mol. The highest BCUT2D eigenvalue weighted by atomic mass is 16.2. The third-order valence-corrected chi connectivity index (χ3v) is 4.97. The SMILES string of the molecule is CC(C)Cn1c(=O)[nH]c(=O)c2c(C(=O)Nc3nc4ccccc4[nH]3)cc(C(C)C)nc21. The first-order valence-electron chi connectivity index (χ1n) is 10.2. The summed E-state index contributed by atoms with van der Waals surface area (Å²) in [5, 5.41) is 2.82. The molecule has 0 unspecified atom stereocenters. The number of nitrogens with zero attached hydrogens (tertiary/aromatic N) is 3. The lowest BCUT2D eigenvalue weighted by Crippen LogP contribution is -2.33. The monoisotopic (exact) mass is 420 g/mol. The van der Waals surface area contributed by atoms with Crippen LogP contribution in [0.4, 0.5) is 5.95 Å². The Bertz CT molecular complexity index is 1380. The number of fused-ring (bicyclic) bond motifs is 2. The number of H-pyrrole nitrogens is 2. The number of hydrogen-bond acceptors (Lipinski definition) is 5. The zero-order chi connectivity index (χ0) is 22.3. The van der Waals surface area contributed by atoms with E-state index < -0.39 is 17.2 Å². The second-order valence-electron chi connectivity index (χ2n) is 8.27. The van der Waals surface area contributed by atoms with Gasteiger partial charge < -0.3 is 4.98 Å². The Morgan fingerprint density at radius 3 is 2.52 bits per heavy atom. The molecule has 4 aromatic rings. The molecule has 0 fully saturated rings. The molecule has 9 heteroatoms. The maximum atomic E-state index is 13.2. The van der Waals surface area contributed by atoms with Gasteiger partial charge in [-0.1, -0.05) is 39.8 Å². The Hall–Kier alpha value is -3.75. The van der Waals surface area contributed by atoms with Crippen molar-refractivity contribution < 1.29 is 4.79 Å². The molecule has 1 amide bonds. The molecule has 4 rings (SSSR count). The minimum absolute atomic E-state index is 0.0101. The number of amides is 1. The number of imidazole rings is 1. The molecule has 9 nitrogen and oxygen atoms in total. The van der Waals surface area contributed by atoms with Crippen LogP contribution in [0.5, 0.6) is 0 Å². The summed E-state index contributed by atoms with van der Waals surface area (Å²) in [5.74, 6) is -0.101. The molecule has 0 aliphatic heterocycles. The zero-order valence-electron chi connectivity index (χ0n) is 17.8. The Balaban J connectivity index is 1.90. The van der Waals surface area contributed by atoms with Crippen molar-refractivity contribution in [3.05, 3.63) is 62.4 Å². The van der Waals surface area contributed by atoms with Crippen LogP contribution in [0.3, 0.4) is 0 Å². The number of benzene rings is 1. The van der Waals surface area contributed by atoms with Crippen LogP contribution in [-0.2, 0) is 6.54 Å². The van der Waals surface area contributed by atoms with E-state index in [1.807, 2.05) is 52.0 Å². The highest BCUT2D eigenvalue weighted by Gasteiger charge is 2.21. The first-order valence-corrected chi connectivity index (χ1v) is 10.2. The van der Waals surface area contributed by atoms with E-state index in [1.54, 1.807) is 6.07 Å². The van der Waals surface area contributed by atoms with E-state index in [2.05, 4.69) is 25.3 Å². The number of aromatic amines is 2. The molecule has 1 aromatic carbocycles.